The van der Waals surface area contributed by atoms with Gasteiger partial charge in [0.25, 0.3) is 0 Å². The lowest BCUT2D eigenvalue weighted by atomic mass is 9.93. The monoisotopic (exact) mass is 237 g/mol. The van der Waals surface area contributed by atoms with Crippen LogP contribution in [0.3, 0.4) is 0 Å². The summed E-state index contributed by atoms with van der Waals surface area (Å²) >= 11 is 0. The fraction of sp³-hybridized carbons (Fsp3) is 0.500. The van der Waals surface area contributed by atoms with Crippen molar-refractivity contribution in [2.24, 2.45) is 5.16 Å². The summed E-state index contributed by atoms with van der Waals surface area (Å²) < 4.78 is 10.4. The maximum absolute atomic E-state index is 11.7. The highest BCUT2D eigenvalue weighted by Crippen LogP contribution is 2.30. The Morgan fingerprint density at radius 2 is 2.29 bits per heavy atom. The Labute approximate surface area is 99.1 Å². The van der Waals surface area contributed by atoms with Crippen molar-refractivity contribution >= 4 is 11.7 Å². The number of nitrogens with zero attached hydrogens (tertiary/aromatic N) is 1. The van der Waals surface area contributed by atoms with Crippen LogP contribution < -0.4 is 0 Å². The fourth-order valence-electron chi connectivity index (χ4n) is 2.16. The number of hydrogen-bond donors (Lipinski definition) is 1. The van der Waals surface area contributed by atoms with Crippen LogP contribution in [0.25, 0.3) is 0 Å². The normalized spacial score (nSPS) is 16.9. The summed E-state index contributed by atoms with van der Waals surface area (Å²) in [6.07, 6.45) is 2.32. The number of ether oxygens (including phenoxy) is 1. The molecule has 17 heavy (non-hydrogen) atoms. The van der Waals surface area contributed by atoms with Gasteiger partial charge in [-0.05, 0) is 26.7 Å². The summed E-state index contributed by atoms with van der Waals surface area (Å²) in [4.78, 5) is 11.7. The molecule has 1 aromatic heterocycles. The first-order valence-corrected chi connectivity index (χ1v) is 5.69. The predicted octanol–water partition coefficient (Wildman–Crippen LogP) is 2.28. The standard InChI is InChI=1S/C12H15NO4/c1-3-16-12(14)11-7(2)10-8(13-15)5-4-6-9(10)17-11/h15H,3-6H2,1-2H3/b13-8-. The Bertz CT molecular complexity index is 473. The van der Waals surface area contributed by atoms with E-state index < -0.39 is 5.97 Å². The predicted molar refractivity (Wildman–Crippen MR) is 60.7 cm³/mol. The van der Waals surface area contributed by atoms with Crippen LogP contribution in [0, 0.1) is 6.92 Å². The second-order valence-corrected chi connectivity index (χ2v) is 3.98. The molecule has 1 heterocycles. The molecule has 1 aliphatic carbocycles. The molecule has 0 fully saturated rings. The van der Waals surface area contributed by atoms with E-state index in [0.717, 1.165) is 18.4 Å². The SMILES string of the molecule is CCOC(=O)c1oc2c(c1C)/C(=N\O)CCC2. The molecular weight excluding hydrogens is 222 g/mol. The van der Waals surface area contributed by atoms with E-state index in [1.165, 1.54) is 0 Å². The fourth-order valence-corrected chi connectivity index (χ4v) is 2.16. The van der Waals surface area contributed by atoms with Crippen molar-refractivity contribution in [2.45, 2.75) is 33.1 Å². The summed E-state index contributed by atoms with van der Waals surface area (Å²) in [5.41, 5.74) is 2.05. The Hall–Kier alpha value is -1.78. The molecule has 0 bridgehead atoms. The summed E-state index contributed by atoms with van der Waals surface area (Å²) in [5.74, 6) is 0.473. The van der Waals surface area contributed by atoms with Gasteiger partial charge in [0, 0.05) is 17.5 Å². The van der Waals surface area contributed by atoms with Crippen LogP contribution in [0.15, 0.2) is 9.57 Å². The first-order chi connectivity index (χ1) is 8.19. The highest BCUT2D eigenvalue weighted by molar-refractivity contribution is 6.05. The summed E-state index contributed by atoms with van der Waals surface area (Å²) in [7, 11) is 0. The van der Waals surface area contributed by atoms with Crippen molar-refractivity contribution in [2.75, 3.05) is 6.61 Å². The number of esters is 1. The smallest absolute Gasteiger partial charge is 0.374 e. The highest BCUT2D eigenvalue weighted by Gasteiger charge is 2.28. The van der Waals surface area contributed by atoms with Crippen molar-refractivity contribution in [3.63, 3.8) is 0 Å². The molecule has 5 nitrogen and oxygen atoms in total. The lowest BCUT2D eigenvalue weighted by Crippen LogP contribution is -2.11. The molecule has 0 spiro atoms. The zero-order valence-electron chi connectivity index (χ0n) is 9.95. The van der Waals surface area contributed by atoms with Gasteiger partial charge in [-0.15, -0.1) is 0 Å². The van der Waals surface area contributed by atoms with Gasteiger partial charge in [0.05, 0.1) is 12.3 Å². The molecule has 0 aliphatic heterocycles. The van der Waals surface area contributed by atoms with Crippen LogP contribution in [0.2, 0.25) is 0 Å². The summed E-state index contributed by atoms with van der Waals surface area (Å²) in [5, 5.41) is 12.2. The molecule has 0 saturated heterocycles. The minimum Gasteiger partial charge on any atom is -0.460 e. The van der Waals surface area contributed by atoms with Crippen LogP contribution in [0.5, 0.6) is 0 Å². The molecule has 1 aliphatic rings. The first-order valence-electron chi connectivity index (χ1n) is 5.69. The number of hydrogen-bond acceptors (Lipinski definition) is 5. The largest absolute Gasteiger partial charge is 0.460 e. The van der Waals surface area contributed by atoms with E-state index in [1.54, 1.807) is 13.8 Å². The van der Waals surface area contributed by atoms with Gasteiger partial charge in [0.15, 0.2) is 0 Å². The average molecular weight is 237 g/mol. The highest BCUT2D eigenvalue weighted by atomic mass is 16.5. The van der Waals surface area contributed by atoms with Crippen molar-refractivity contribution < 1.29 is 19.2 Å². The van der Waals surface area contributed by atoms with Gasteiger partial charge in [-0.3, -0.25) is 0 Å². The van der Waals surface area contributed by atoms with Gasteiger partial charge in [0.1, 0.15) is 5.76 Å². The molecule has 0 unspecified atom stereocenters. The molecule has 5 heteroatoms. The first kappa shape index (κ1) is 11.7. The van der Waals surface area contributed by atoms with Gasteiger partial charge in [-0.2, -0.15) is 0 Å². The number of carbonyl (C=O) groups is 1. The number of aryl methyl sites for hydroxylation is 1. The number of rotatable bonds is 2. The zero-order valence-corrected chi connectivity index (χ0v) is 9.95. The van der Waals surface area contributed by atoms with E-state index >= 15 is 0 Å². The molecule has 2 rings (SSSR count). The number of oxime groups is 1. The zero-order chi connectivity index (χ0) is 12.4. The van der Waals surface area contributed by atoms with Gasteiger partial charge in [0.2, 0.25) is 5.76 Å². The Morgan fingerprint density at radius 1 is 1.53 bits per heavy atom. The maximum Gasteiger partial charge on any atom is 0.374 e. The van der Waals surface area contributed by atoms with E-state index in [2.05, 4.69) is 5.16 Å². The van der Waals surface area contributed by atoms with Gasteiger partial charge < -0.3 is 14.4 Å². The molecule has 0 amide bonds. The third-order valence-electron chi connectivity index (χ3n) is 2.91. The van der Waals surface area contributed by atoms with E-state index in [1.807, 2.05) is 0 Å². The second kappa shape index (κ2) is 4.61. The average Bonchev–Trinajstić information content (AvgIpc) is 2.67. The molecule has 1 N–H and O–H groups in total. The summed E-state index contributed by atoms with van der Waals surface area (Å²) in [6.45, 7) is 3.84. The number of carbonyl (C=O) groups excluding carboxylic acids is 1. The van der Waals surface area contributed by atoms with Crippen LogP contribution in [0.4, 0.5) is 0 Å². The van der Waals surface area contributed by atoms with Crippen LogP contribution in [-0.2, 0) is 11.2 Å². The van der Waals surface area contributed by atoms with E-state index in [9.17, 15) is 4.79 Å². The third-order valence-corrected chi connectivity index (χ3v) is 2.91. The molecule has 0 aromatic carbocycles. The number of fused-ring (bicyclic) bond motifs is 1. The molecule has 1 aromatic rings. The Kier molecular flexibility index (Phi) is 3.17. The van der Waals surface area contributed by atoms with Gasteiger partial charge in [-0.1, -0.05) is 5.16 Å². The topological polar surface area (TPSA) is 72.0 Å². The van der Waals surface area contributed by atoms with Gasteiger partial charge in [-0.25, -0.2) is 4.79 Å². The van der Waals surface area contributed by atoms with E-state index in [-0.39, 0.29) is 5.76 Å². The summed E-state index contributed by atoms with van der Waals surface area (Å²) in [6, 6.07) is 0. The van der Waals surface area contributed by atoms with Gasteiger partial charge >= 0.3 is 5.97 Å². The Morgan fingerprint density at radius 3 is 2.94 bits per heavy atom. The van der Waals surface area contributed by atoms with Crippen molar-refractivity contribution in [1.29, 1.82) is 0 Å². The molecular formula is C12H15NO4. The van der Waals surface area contributed by atoms with Crippen LogP contribution in [-0.4, -0.2) is 23.5 Å². The minimum atomic E-state index is -0.461. The molecule has 0 saturated carbocycles. The van der Waals surface area contributed by atoms with Crippen LogP contribution >= 0.6 is 0 Å². The van der Waals surface area contributed by atoms with Crippen molar-refractivity contribution in [3.05, 3.63) is 22.6 Å². The lowest BCUT2D eigenvalue weighted by Gasteiger charge is -2.11. The van der Waals surface area contributed by atoms with E-state index in [4.69, 9.17) is 14.4 Å². The minimum absolute atomic E-state index is 0.222. The third kappa shape index (κ3) is 1.92. The van der Waals surface area contributed by atoms with E-state index in [0.29, 0.717) is 30.1 Å². The molecule has 0 atom stereocenters. The molecule has 0 radical (unpaired) electrons. The quantitative estimate of drug-likeness (QED) is 0.486. The van der Waals surface area contributed by atoms with Crippen molar-refractivity contribution in [1.82, 2.24) is 0 Å². The lowest BCUT2D eigenvalue weighted by molar-refractivity contribution is 0.0487. The number of furan rings is 1. The van der Waals surface area contributed by atoms with Crippen LogP contribution in [0.1, 0.15) is 47.2 Å². The Balaban J connectivity index is 2.46. The second-order valence-electron chi connectivity index (χ2n) is 3.98. The van der Waals surface area contributed by atoms with Crippen molar-refractivity contribution in [3.8, 4) is 0 Å². The maximum atomic E-state index is 11.7. The molecule has 92 valence electrons.